The lowest BCUT2D eigenvalue weighted by molar-refractivity contribution is -0.136. The standard InChI is InChI=1S/C51H66N10O6S/c62-46(17-11-38-10-8-23-52-36-38)53-24-5-4-9-37-19-26-60(27-20-37)51(67)43-14-16-45(56-55-43)59-28-21-39(22-29-59)58-32-30-57(31-33-58)25-6-2-1-3-7-34-68-40-12-13-41-42(35-40)50(66)61(49(41)65)44-15-18-47(63)54-48(44)64/h8,10-14,16-17,23,35-37,39,44H,1-7,9,15,18-22,24-34H2,(H,53,62)(H,54,63,64)/b17-11+. The van der Waals surface area contributed by atoms with Gasteiger partial charge in [-0.3, -0.25) is 48.9 Å². The second-order valence-corrected chi connectivity index (χ2v) is 20.0. The van der Waals surface area contributed by atoms with Gasteiger partial charge >= 0.3 is 0 Å². The van der Waals surface area contributed by atoms with Gasteiger partial charge in [-0.1, -0.05) is 38.2 Å². The van der Waals surface area contributed by atoms with Gasteiger partial charge < -0.3 is 20.0 Å². The first-order chi connectivity index (χ1) is 33.2. The van der Waals surface area contributed by atoms with Gasteiger partial charge in [0, 0.05) is 94.7 Å². The molecular formula is C51H66N10O6S. The molecule has 0 bridgehead atoms. The number of rotatable bonds is 20. The maximum absolute atomic E-state index is 13.3. The van der Waals surface area contributed by atoms with Gasteiger partial charge in [-0.25, -0.2) is 0 Å². The van der Waals surface area contributed by atoms with Crippen LogP contribution in [0.15, 0.2) is 65.8 Å². The monoisotopic (exact) mass is 946 g/mol. The van der Waals surface area contributed by atoms with Gasteiger partial charge in [0.05, 0.1) is 11.1 Å². The second kappa shape index (κ2) is 24.2. The molecule has 0 spiro atoms. The number of carbonyl (C=O) groups is 6. The Kier molecular flexibility index (Phi) is 17.4. The highest BCUT2D eigenvalue weighted by Gasteiger charge is 2.44. The molecule has 68 heavy (non-hydrogen) atoms. The number of piperidine rings is 3. The van der Waals surface area contributed by atoms with Crippen molar-refractivity contribution < 1.29 is 28.8 Å². The lowest BCUT2D eigenvalue weighted by Crippen LogP contribution is -2.54. The minimum absolute atomic E-state index is 0.0348. The molecule has 2 aromatic heterocycles. The summed E-state index contributed by atoms with van der Waals surface area (Å²) in [5.74, 6) is 0.336. The van der Waals surface area contributed by atoms with E-state index in [9.17, 15) is 28.8 Å². The fourth-order valence-electron chi connectivity index (χ4n) is 10.2. The Labute approximate surface area is 404 Å². The summed E-state index contributed by atoms with van der Waals surface area (Å²) in [6.45, 7) is 9.60. The average molecular weight is 947 g/mol. The lowest BCUT2D eigenvalue weighted by Gasteiger charge is -2.43. The number of piperazine rings is 1. The number of nitrogens with one attached hydrogen (secondary N) is 2. The molecule has 4 saturated heterocycles. The first-order valence-electron chi connectivity index (χ1n) is 24.9. The van der Waals surface area contributed by atoms with E-state index in [1.54, 1.807) is 48.4 Å². The molecule has 7 heterocycles. The molecular weight excluding hydrogens is 881 g/mol. The van der Waals surface area contributed by atoms with Gasteiger partial charge in [0.25, 0.3) is 17.7 Å². The van der Waals surface area contributed by atoms with E-state index < -0.39 is 23.8 Å². The zero-order valence-electron chi connectivity index (χ0n) is 39.2. The van der Waals surface area contributed by atoms with Crippen LogP contribution in [0.4, 0.5) is 5.82 Å². The van der Waals surface area contributed by atoms with E-state index in [-0.39, 0.29) is 30.6 Å². The molecule has 0 saturated carbocycles. The Bertz CT molecular complexity index is 2260. The molecule has 5 aliphatic rings. The Hall–Kier alpha value is -5.52. The molecule has 16 nitrogen and oxygen atoms in total. The van der Waals surface area contributed by atoms with Crippen molar-refractivity contribution in [2.75, 3.05) is 76.1 Å². The summed E-state index contributed by atoms with van der Waals surface area (Å²) in [7, 11) is 0. The smallest absolute Gasteiger partial charge is 0.274 e. The maximum atomic E-state index is 13.3. The van der Waals surface area contributed by atoms with Crippen molar-refractivity contribution in [3.05, 3.63) is 83.3 Å². The van der Waals surface area contributed by atoms with Crippen molar-refractivity contribution in [2.24, 2.45) is 5.92 Å². The van der Waals surface area contributed by atoms with Crippen LogP contribution in [0.25, 0.3) is 6.08 Å². The Balaban J connectivity index is 0.638. The fourth-order valence-corrected chi connectivity index (χ4v) is 11.1. The first kappa shape index (κ1) is 48.9. The molecule has 1 atom stereocenters. The summed E-state index contributed by atoms with van der Waals surface area (Å²) in [5.41, 5.74) is 1.96. The van der Waals surface area contributed by atoms with Crippen LogP contribution in [-0.2, 0) is 14.4 Å². The predicted molar refractivity (Wildman–Crippen MR) is 261 cm³/mol. The van der Waals surface area contributed by atoms with E-state index in [0.717, 1.165) is 144 Å². The number of benzene rings is 1. The SMILES string of the molecule is O=C(/C=C/c1cccnc1)NCCCCC1CCN(C(=O)c2ccc(N3CCC(N4CCN(CCCCCCCSc5ccc6c(c5)C(=O)N(C5CCC(=O)NC5=O)C6=O)CC4)CC3)nn2)CC1. The molecule has 362 valence electrons. The summed E-state index contributed by atoms with van der Waals surface area (Å²) in [4.78, 5) is 91.0. The number of amides is 6. The van der Waals surface area contributed by atoms with E-state index in [4.69, 9.17) is 0 Å². The maximum Gasteiger partial charge on any atom is 0.274 e. The average Bonchev–Trinajstić information content (AvgIpc) is 3.61. The molecule has 2 N–H and O–H groups in total. The molecule has 0 radical (unpaired) electrons. The van der Waals surface area contributed by atoms with Crippen LogP contribution in [0.3, 0.4) is 0 Å². The largest absolute Gasteiger partial charge is 0.355 e. The number of nitrogens with zero attached hydrogens (tertiary/aromatic N) is 8. The molecule has 5 aliphatic heterocycles. The zero-order valence-corrected chi connectivity index (χ0v) is 40.0. The van der Waals surface area contributed by atoms with Crippen LogP contribution >= 0.6 is 11.8 Å². The highest BCUT2D eigenvalue weighted by molar-refractivity contribution is 7.99. The van der Waals surface area contributed by atoms with Crippen molar-refractivity contribution in [3.8, 4) is 0 Å². The van der Waals surface area contributed by atoms with E-state index in [1.165, 1.54) is 19.3 Å². The van der Waals surface area contributed by atoms with Crippen LogP contribution in [0.2, 0.25) is 0 Å². The third-order valence-corrected chi connectivity index (χ3v) is 15.3. The third-order valence-electron chi connectivity index (χ3n) is 14.2. The number of anilines is 1. The van der Waals surface area contributed by atoms with Gasteiger partial charge in [0.15, 0.2) is 11.5 Å². The molecule has 4 fully saturated rings. The lowest BCUT2D eigenvalue weighted by atomic mass is 9.91. The normalized spacial score (nSPS) is 20.1. The molecule has 1 unspecified atom stereocenters. The van der Waals surface area contributed by atoms with Crippen LogP contribution in [0.1, 0.15) is 127 Å². The van der Waals surface area contributed by atoms with E-state index in [1.807, 2.05) is 35.2 Å². The number of likely N-dealkylation sites (tertiary alicyclic amines) is 1. The van der Waals surface area contributed by atoms with Gasteiger partial charge in [-0.2, -0.15) is 0 Å². The zero-order chi connectivity index (χ0) is 47.2. The molecule has 1 aromatic carbocycles. The number of hydrogen-bond donors (Lipinski definition) is 2. The van der Waals surface area contributed by atoms with Crippen molar-refractivity contribution >= 4 is 59.1 Å². The number of carbonyl (C=O) groups excluding carboxylic acids is 6. The number of imide groups is 2. The summed E-state index contributed by atoms with van der Waals surface area (Å²) >= 11 is 1.69. The Morgan fingerprint density at radius 1 is 0.779 bits per heavy atom. The number of pyridine rings is 1. The van der Waals surface area contributed by atoms with Crippen molar-refractivity contribution in [2.45, 2.75) is 107 Å². The van der Waals surface area contributed by atoms with Crippen molar-refractivity contribution in [1.29, 1.82) is 0 Å². The van der Waals surface area contributed by atoms with Gasteiger partial charge in [-0.05, 0) is 118 Å². The van der Waals surface area contributed by atoms with E-state index >= 15 is 0 Å². The predicted octanol–water partition coefficient (Wildman–Crippen LogP) is 5.45. The van der Waals surface area contributed by atoms with Crippen LogP contribution in [-0.4, -0.2) is 154 Å². The van der Waals surface area contributed by atoms with Crippen LogP contribution < -0.4 is 15.5 Å². The number of thioether (sulfide) groups is 1. The van der Waals surface area contributed by atoms with E-state index in [2.05, 4.69) is 40.5 Å². The van der Waals surface area contributed by atoms with Crippen LogP contribution in [0.5, 0.6) is 0 Å². The van der Waals surface area contributed by atoms with Crippen LogP contribution in [0, 0.1) is 5.92 Å². The van der Waals surface area contributed by atoms with E-state index in [0.29, 0.717) is 35.3 Å². The van der Waals surface area contributed by atoms with Crippen molar-refractivity contribution in [3.63, 3.8) is 0 Å². The molecule has 3 aromatic rings. The number of aromatic nitrogens is 3. The molecule has 6 amide bonds. The summed E-state index contributed by atoms with van der Waals surface area (Å²) in [5, 5.41) is 14.1. The summed E-state index contributed by atoms with van der Waals surface area (Å²) < 4.78 is 0. The first-order valence-corrected chi connectivity index (χ1v) is 25.9. The minimum Gasteiger partial charge on any atom is -0.355 e. The van der Waals surface area contributed by atoms with Gasteiger partial charge in [-0.15, -0.1) is 22.0 Å². The summed E-state index contributed by atoms with van der Waals surface area (Å²) in [6, 6.07) is 12.5. The molecule has 0 aliphatic carbocycles. The molecule has 17 heteroatoms. The fraction of sp³-hybridized carbons (Fsp3) is 0.549. The number of fused-ring (bicyclic) bond motifs is 1. The Morgan fingerprint density at radius 2 is 1.56 bits per heavy atom. The highest BCUT2D eigenvalue weighted by Crippen LogP contribution is 2.32. The van der Waals surface area contributed by atoms with Gasteiger partial charge in [0.2, 0.25) is 17.7 Å². The van der Waals surface area contributed by atoms with Gasteiger partial charge in [0.1, 0.15) is 6.04 Å². The molecule has 8 rings (SSSR count). The second-order valence-electron chi connectivity index (χ2n) is 18.8. The Morgan fingerprint density at radius 3 is 2.31 bits per heavy atom. The van der Waals surface area contributed by atoms with Crippen molar-refractivity contribution in [1.82, 2.24) is 45.4 Å². The quantitative estimate of drug-likeness (QED) is 0.0632. The summed E-state index contributed by atoms with van der Waals surface area (Å²) in [6.07, 6.45) is 20.1. The topological polar surface area (TPSA) is 181 Å². The number of unbranched alkanes of at least 4 members (excludes halogenated alkanes) is 5. The number of hydrogen-bond acceptors (Lipinski definition) is 13. The minimum atomic E-state index is -0.948. The third kappa shape index (κ3) is 13.0. The highest BCUT2D eigenvalue weighted by atomic mass is 32.2.